The minimum Gasteiger partial charge on any atom is -0.382 e. The molecule has 0 aromatic carbocycles. The smallest absolute Gasteiger partial charge is 0.148 e. The van der Waals surface area contributed by atoms with Crippen LogP contribution in [0.5, 0.6) is 0 Å². The van der Waals surface area contributed by atoms with E-state index in [-0.39, 0.29) is 0 Å². The third-order valence-corrected chi connectivity index (χ3v) is 4.32. The number of nitrogens with one attached hydrogen (secondary N) is 1. The third kappa shape index (κ3) is 1.09. The number of hydrogen-bond acceptors (Lipinski definition) is 2. The average Bonchev–Trinajstić information content (AvgIpc) is 2.59. The van der Waals surface area contributed by atoms with Gasteiger partial charge in [-0.2, -0.15) is 5.10 Å². The molecule has 82 valence electrons. The van der Waals surface area contributed by atoms with Crippen LogP contribution in [-0.4, -0.2) is 10.2 Å². The molecule has 3 rings (SSSR count). The van der Waals surface area contributed by atoms with E-state index in [9.17, 15) is 0 Å². The molecule has 0 saturated heterocycles. The summed E-state index contributed by atoms with van der Waals surface area (Å²) < 4.78 is 0. The van der Waals surface area contributed by atoms with Gasteiger partial charge in [0.25, 0.3) is 0 Å². The van der Waals surface area contributed by atoms with E-state index in [2.05, 4.69) is 24.0 Å². The SMILES string of the molecule is CC(C)c1c(N)n[nH]c1[C@@]12CCC[C@@H]1C2. The largest absolute Gasteiger partial charge is 0.382 e. The first kappa shape index (κ1) is 9.25. The van der Waals surface area contributed by atoms with Crippen molar-refractivity contribution >= 4 is 5.82 Å². The molecule has 0 amide bonds. The Labute approximate surface area is 90.4 Å². The van der Waals surface area contributed by atoms with Crippen LogP contribution >= 0.6 is 0 Å². The van der Waals surface area contributed by atoms with Crippen LogP contribution in [0.3, 0.4) is 0 Å². The average molecular weight is 205 g/mol. The number of nitrogen functional groups attached to an aromatic ring is 1. The number of anilines is 1. The second kappa shape index (κ2) is 2.77. The molecule has 1 aromatic rings. The quantitative estimate of drug-likeness (QED) is 0.779. The maximum Gasteiger partial charge on any atom is 0.148 e. The summed E-state index contributed by atoms with van der Waals surface area (Å²) in [5, 5.41) is 7.41. The van der Waals surface area contributed by atoms with Gasteiger partial charge in [-0.3, -0.25) is 5.10 Å². The van der Waals surface area contributed by atoms with Gasteiger partial charge in [-0.15, -0.1) is 0 Å². The maximum absolute atomic E-state index is 5.94. The van der Waals surface area contributed by atoms with E-state index in [0.29, 0.717) is 17.2 Å². The van der Waals surface area contributed by atoms with Crippen molar-refractivity contribution in [3.63, 3.8) is 0 Å². The van der Waals surface area contributed by atoms with Crippen LogP contribution in [0.1, 0.15) is 56.7 Å². The van der Waals surface area contributed by atoms with Gasteiger partial charge in [-0.05, 0) is 31.1 Å². The number of nitrogens with zero attached hydrogens (tertiary/aromatic N) is 1. The molecule has 0 spiro atoms. The number of H-pyrrole nitrogens is 1. The molecule has 2 saturated carbocycles. The van der Waals surface area contributed by atoms with Crippen molar-refractivity contribution in [2.75, 3.05) is 5.73 Å². The van der Waals surface area contributed by atoms with Gasteiger partial charge < -0.3 is 5.73 Å². The summed E-state index contributed by atoms with van der Waals surface area (Å²) in [4.78, 5) is 0. The number of rotatable bonds is 2. The minimum absolute atomic E-state index is 0.449. The number of aromatic nitrogens is 2. The lowest BCUT2D eigenvalue weighted by Crippen LogP contribution is -2.10. The van der Waals surface area contributed by atoms with E-state index in [1.54, 1.807) is 0 Å². The number of aromatic amines is 1. The Morgan fingerprint density at radius 3 is 2.87 bits per heavy atom. The Morgan fingerprint density at radius 1 is 1.53 bits per heavy atom. The van der Waals surface area contributed by atoms with Crippen LogP contribution in [-0.2, 0) is 5.41 Å². The fourth-order valence-corrected chi connectivity index (χ4v) is 3.49. The molecular formula is C12H19N3. The predicted molar refractivity (Wildman–Crippen MR) is 60.7 cm³/mol. The van der Waals surface area contributed by atoms with Crippen molar-refractivity contribution in [2.24, 2.45) is 5.92 Å². The first-order valence-electron chi connectivity index (χ1n) is 5.99. The van der Waals surface area contributed by atoms with Crippen LogP contribution in [0.25, 0.3) is 0 Å². The molecule has 1 heterocycles. The second-order valence-electron chi connectivity index (χ2n) is 5.50. The van der Waals surface area contributed by atoms with Gasteiger partial charge in [0.05, 0.1) is 0 Å². The fourth-order valence-electron chi connectivity index (χ4n) is 3.49. The lowest BCUT2D eigenvalue weighted by Gasteiger charge is -2.14. The summed E-state index contributed by atoms with van der Waals surface area (Å²) in [6.07, 6.45) is 5.46. The molecule has 3 heteroatoms. The fraction of sp³-hybridized carbons (Fsp3) is 0.750. The van der Waals surface area contributed by atoms with Gasteiger partial charge in [0.2, 0.25) is 0 Å². The Morgan fingerprint density at radius 2 is 2.33 bits per heavy atom. The molecule has 2 aliphatic rings. The second-order valence-corrected chi connectivity index (χ2v) is 5.50. The van der Waals surface area contributed by atoms with Crippen molar-refractivity contribution in [3.05, 3.63) is 11.3 Å². The Bertz CT molecular complexity index is 394. The van der Waals surface area contributed by atoms with Crippen molar-refractivity contribution in [2.45, 2.75) is 50.9 Å². The molecule has 2 fully saturated rings. The highest BCUT2D eigenvalue weighted by Crippen LogP contribution is 2.65. The molecule has 2 aliphatic carbocycles. The van der Waals surface area contributed by atoms with Crippen LogP contribution in [0.2, 0.25) is 0 Å². The summed E-state index contributed by atoms with van der Waals surface area (Å²) in [6.45, 7) is 4.40. The van der Waals surface area contributed by atoms with E-state index in [1.165, 1.54) is 36.9 Å². The first-order valence-corrected chi connectivity index (χ1v) is 5.99. The van der Waals surface area contributed by atoms with Crippen LogP contribution in [0.4, 0.5) is 5.82 Å². The molecule has 0 unspecified atom stereocenters. The Kier molecular flexibility index (Phi) is 1.71. The lowest BCUT2D eigenvalue weighted by molar-refractivity contribution is 0.619. The summed E-state index contributed by atoms with van der Waals surface area (Å²) >= 11 is 0. The van der Waals surface area contributed by atoms with Crippen molar-refractivity contribution < 1.29 is 0 Å². The molecule has 2 atom stereocenters. The number of hydrogen-bond donors (Lipinski definition) is 2. The van der Waals surface area contributed by atoms with Gasteiger partial charge in [-0.25, -0.2) is 0 Å². The van der Waals surface area contributed by atoms with Gasteiger partial charge >= 0.3 is 0 Å². The molecule has 15 heavy (non-hydrogen) atoms. The standard InChI is InChI=1S/C12H19N3/c1-7(2)9-10(14-15-11(9)13)12-5-3-4-8(12)6-12/h7-8H,3-6H2,1-2H3,(H3,13,14,15)/t8-,12-/m1/s1. The van der Waals surface area contributed by atoms with E-state index in [4.69, 9.17) is 5.73 Å². The normalized spacial score (nSPS) is 33.4. The Hall–Kier alpha value is -0.990. The van der Waals surface area contributed by atoms with Crippen LogP contribution < -0.4 is 5.73 Å². The van der Waals surface area contributed by atoms with Crippen LogP contribution in [0, 0.1) is 5.92 Å². The summed E-state index contributed by atoms with van der Waals surface area (Å²) in [7, 11) is 0. The molecule has 0 radical (unpaired) electrons. The third-order valence-electron chi connectivity index (χ3n) is 4.32. The minimum atomic E-state index is 0.449. The van der Waals surface area contributed by atoms with Gasteiger partial charge in [0.1, 0.15) is 5.82 Å². The van der Waals surface area contributed by atoms with Gasteiger partial charge in [0.15, 0.2) is 0 Å². The monoisotopic (exact) mass is 205 g/mol. The first-order chi connectivity index (χ1) is 7.15. The maximum atomic E-state index is 5.94. The number of nitrogens with two attached hydrogens (primary N) is 1. The highest BCUT2D eigenvalue weighted by molar-refractivity contribution is 5.50. The summed E-state index contributed by atoms with van der Waals surface area (Å²) in [5.41, 5.74) is 9.03. The van der Waals surface area contributed by atoms with E-state index in [1.807, 2.05) is 0 Å². The molecule has 1 aromatic heterocycles. The molecular weight excluding hydrogens is 186 g/mol. The van der Waals surface area contributed by atoms with E-state index < -0.39 is 0 Å². The summed E-state index contributed by atoms with van der Waals surface area (Å²) in [5.74, 6) is 2.11. The van der Waals surface area contributed by atoms with Crippen molar-refractivity contribution in [1.29, 1.82) is 0 Å². The van der Waals surface area contributed by atoms with Crippen molar-refractivity contribution in [3.8, 4) is 0 Å². The molecule has 3 nitrogen and oxygen atoms in total. The zero-order valence-corrected chi connectivity index (χ0v) is 9.51. The number of fused-ring (bicyclic) bond motifs is 1. The highest BCUT2D eigenvalue weighted by atomic mass is 15.2. The van der Waals surface area contributed by atoms with Gasteiger partial charge in [0, 0.05) is 16.7 Å². The van der Waals surface area contributed by atoms with Gasteiger partial charge in [-0.1, -0.05) is 20.3 Å². The van der Waals surface area contributed by atoms with Crippen molar-refractivity contribution in [1.82, 2.24) is 10.2 Å². The zero-order valence-electron chi connectivity index (χ0n) is 9.51. The Balaban J connectivity index is 2.05. The van der Waals surface area contributed by atoms with E-state index in [0.717, 1.165) is 5.92 Å². The lowest BCUT2D eigenvalue weighted by atomic mass is 9.91. The van der Waals surface area contributed by atoms with E-state index >= 15 is 0 Å². The highest BCUT2D eigenvalue weighted by Gasteiger charge is 2.59. The topological polar surface area (TPSA) is 54.7 Å². The zero-order chi connectivity index (χ0) is 10.6. The molecule has 3 N–H and O–H groups in total. The summed E-state index contributed by atoms with van der Waals surface area (Å²) in [6, 6.07) is 0. The predicted octanol–water partition coefficient (Wildman–Crippen LogP) is 2.56. The molecule has 0 aliphatic heterocycles. The van der Waals surface area contributed by atoms with Crippen LogP contribution in [0.15, 0.2) is 0 Å². The molecule has 0 bridgehead atoms.